The summed E-state index contributed by atoms with van der Waals surface area (Å²) in [7, 11) is 0. The maximum atomic E-state index is 13.1. The summed E-state index contributed by atoms with van der Waals surface area (Å²) in [5, 5.41) is 13.9. The SMILES string of the molecule is CCCCCCCCCNc1ccc2c3c(cccc13)C(=O)N(CCCCCCC(=O)O)C2=O. The third-order valence-electron chi connectivity index (χ3n) is 6.61. The lowest BCUT2D eigenvalue weighted by molar-refractivity contribution is -0.137. The van der Waals surface area contributed by atoms with E-state index >= 15 is 0 Å². The Kier molecular flexibility index (Phi) is 9.92. The van der Waals surface area contributed by atoms with Gasteiger partial charge in [0.15, 0.2) is 0 Å². The summed E-state index contributed by atoms with van der Waals surface area (Å²) in [4.78, 5) is 38.3. The van der Waals surface area contributed by atoms with Crippen molar-refractivity contribution in [3.63, 3.8) is 0 Å². The number of nitrogens with zero attached hydrogens (tertiary/aromatic N) is 1. The molecule has 0 fully saturated rings. The van der Waals surface area contributed by atoms with Crippen LogP contribution in [0.4, 0.5) is 5.69 Å². The number of benzene rings is 2. The van der Waals surface area contributed by atoms with Crippen LogP contribution < -0.4 is 5.32 Å². The molecule has 3 rings (SSSR count). The van der Waals surface area contributed by atoms with Crippen LogP contribution in [0.15, 0.2) is 30.3 Å². The van der Waals surface area contributed by atoms with E-state index in [0.717, 1.165) is 42.3 Å². The van der Waals surface area contributed by atoms with Crippen molar-refractivity contribution in [2.45, 2.75) is 84.0 Å². The number of hydrogen-bond acceptors (Lipinski definition) is 4. The second kappa shape index (κ2) is 13.1. The summed E-state index contributed by atoms with van der Waals surface area (Å²) in [6.07, 6.45) is 11.8. The van der Waals surface area contributed by atoms with Crippen molar-refractivity contribution in [3.05, 3.63) is 41.5 Å². The summed E-state index contributed by atoms with van der Waals surface area (Å²) in [6, 6.07) is 9.47. The molecule has 1 heterocycles. The van der Waals surface area contributed by atoms with Crippen LogP contribution in [0.2, 0.25) is 0 Å². The van der Waals surface area contributed by atoms with Crippen LogP contribution >= 0.6 is 0 Å². The Bertz CT molecular complexity index is 979. The minimum atomic E-state index is -0.789. The number of carbonyl (C=O) groups is 3. The van der Waals surface area contributed by atoms with Crippen LogP contribution in [0.25, 0.3) is 10.8 Å². The van der Waals surface area contributed by atoms with Gasteiger partial charge in [-0.3, -0.25) is 19.3 Å². The van der Waals surface area contributed by atoms with Crippen molar-refractivity contribution in [2.75, 3.05) is 18.4 Å². The highest BCUT2D eigenvalue weighted by Gasteiger charge is 2.32. The monoisotopic (exact) mass is 466 g/mol. The molecule has 0 saturated carbocycles. The minimum absolute atomic E-state index is 0.159. The number of imide groups is 1. The van der Waals surface area contributed by atoms with Gasteiger partial charge in [-0.1, -0.05) is 70.4 Å². The molecule has 0 atom stereocenters. The molecule has 0 unspecified atom stereocenters. The van der Waals surface area contributed by atoms with Gasteiger partial charge in [0, 0.05) is 47.1 Å². The van der Waals surface area contributed by atoms with Crippen LogP contribution in [0, 0.1) is 0 Å². The second-order valence-corrected chi connectivity index (χ2v) is 9.26. The van der Waals surface area contributed by atoms with Gasteiger partial charge in [0.05, 0.1) is 0 Å². The topological polar surface area (TPSA) is 86.7 Å². The number of rotatable bonds is 16. The Morgan fingerprint density at radius 2 is 1.47 bits per heavy atom. The summed E-state index contributed by atoms with van der Waals surface area (Å²) in [6.45, 7) is 3.47. The molecule has 34 heavy (non-hydrogen) atoms. The molecule has 2 aromatic rings. The fourth-order valence-corrected chi connectivity index (χ4v) is 4.71. The molecule has 0 saturated heterocycles. The van der Waals surface area contributed by atoms with Gasteiger partial charge in [0.2, 0.25) is 0 Å². The zero-order valence-corrected chi connectivity index (χ0v) is 20.4. The average molecular weight is 467 g/mol. The molecule has 0 aromatic heterocycles. The first-order valence-electron chi connectivity index (χ1n) is 12.9. The van der Waals surface area contributed by atoms with E-state index < -0.39 is 5.97 Å². The van der Waals surface area contributed by atoms with Gasteiger partial charge >= 0.3 is 5.97 Å². The first kappa shape index (κ1) is 25.7. The number of carboxylic acids is 1. The van der Waals surface area contributed by atoms with Crippen molar-refractivity contribution >= 4 is 34.2 Å². The van der Waals surface area contributed by atoms with Gasteiger partial charge in [0.25, 0.3) is 11.8 Å². The smallest absolute Gasteiger partial charge is 0.303 e. The average Bonchev–Trinajstić information content (AvgIpc) is 2.83. The number of aliphatic carboxylic acids is 1. The third-order valence-corrected chi connectivity index (χ3v) is 6.61. The highest BCUT2D eigenvalue weighted by molar-refractivity contribution is 6.26. The summed E-state index contributed by atoms with van der Waals surface area (Å²) < 4.78 is 0. The molecule has 6 heteroatoms. The third kappa shape index (κ3) is 6.58. The fourth-order valence-electron chi connectivity index (χ4n) is 4.71. The molecule has 1 aliphatic heterocycles. The van der Waals surface area contributed by atoms with Gasteiger partial charge in [-0.25, -0.2) is 0 Å². The van der Waals surface area contributed by atoms with Crippen LogP contribution in [0.1, 0.15) is 105 Å². The number of carboxylic acid groups (broad SMARTS) is 1. The van der Waals surface area contributed by atoms with Crippen LogP contribution in [-0.2, 0) is 4.79 Å². The summed E-state index contributed by atoms with van der Waals surface area (Å²) in [5.74, 6) is -1.27. The summed E-state index contributed by atoms with van der Waals surface area (Å²) in [5.41, 5.74) is 2.13. The van der Waals surface area contributed by atoms with Gasteiger partial charge < -0.3 is 10.4 Å². The number of unbranched alkanes of at least 4 members (excludes halogenated alkanes) is 9. The largest absolute Gasteiger partial charge is 0.481 e. The molecule has 0 bridgehead atoms. The van der Waals surface area contributed by atoms with Crippen molar-refractivity contribution in [2.24, 2.45) is 0 Å². The fraction of sp³-hybridized carbons (Fsp3) is 0.536. The molecule has 2 amide bonds. The number of hydrogen-bond donors (Lipinski definition) is 2. The quantitative estimate of drug-likeness (QED) is 0.214. The lowest BCUT2D eigenvalue weighted by atomic mass is 9.92. The van der Waals surface area contributed by atoms with Crippen LogP contribution in [0.5, 0.6) is 0 Å². The number of anilines is 1. The van der Waals surface area contributed by atoms with Gasteiger partial charge in [-0.2, -0.15) is 0 Å². The number of nitrogens with one attached hydrogen (secondary N) is 1. The van der Waals surface area contributed by atoms with Gasteiger partial charge in [0.1, 0.15) is 0 Å². The van der Waals surface area contributed by atoms with Gasteiger partial charge in [-0.15, -0.1) is 0 Å². The molecule has 184 valence electrons. The van der Waals surface area contributed by atoms with E-state index in [1.807, 2.05) is 24.3 Å². The molecular weight excluding hydrogens is 428 g/mol. The highest BCUT2D eigenvalue weighted by Crippen LogP contribution is 2.34. The Morgan fingerprint density at radius 1 is 0.824 bits per heavy atom. The Balaban J connectivity index is 1.60. The first-order valence-corrected chi connectivity index (χ1v) is 12.9. The Hall–Kier alpha value is -2.89. The normalized spacial score (nSPS) is 13.0. The molecule has 0 aliphatic carbocycles. The van der Waals surface area contributed by atoms with E-state index in [1.54, 1.807) is 6.07 Å². The molecule has 2 N–H and O–H groups in total. The molecule has 2 aromatic carbocycles. The predicted molar refractivity (Wildman–Crippen MR) is 137 cm³/mol. The summed E-state index contributed by atoms with van der Waals surface area (Å²) >= 11 is 0. The zero-order chi connectivity index (χ0) is 24.3. The van der Waals surface area contributed by atoms with E-state index in [-0.39, 0.29) is 18.2 Å². The second-order valence-electron chi connectivity index (χ2n) is 9.26. The lowest BCUT2D eigenvalue weighted by Crippen LogP contribution is -2.40. The lowest BCUT2D eigenvalue weighted by Gasteiger charge is -2.28. The maximum Gasteiger partial charge on any atom is 0.303 e. The molecule has 0 spiro atoms. The van der Waals surface area contributed by atoms with Crippen molar-refractivity contribution in [1.82, 2.24) is 4.90 Å². The molecular formula is C28H38N2O4. The van der Waals surface area contributed by atoms with E-state index in [9.17, 15) is 14.4 Å². The first-order chi connectivity index (χ1) is 16.5. The van der Waals surface area contributed by atoms with E-state index in [2.05, 4.69) is 12.2 Å². The predicted octanol–water partition coefficient (Wildman–Crippen LogP) is 6.63. The van der Waals surface area contributed by atoms with Crippen molar-refractivity contribution in [3.8, 4) is 0 Å². The van der Waals surface area contributed by atoms with Crippen molar-refractivity contribution < 1.29 is 19.5 Å². The minimum Gasteiger partial charge on any atom is -0.481 e. The van der Waals surface area contributed by atoms with E-state index in [4.69, 9.17) is 5.11 Å². The van der Waals surface area contributed by atoms with E-state index in [0.29, 0.717) is 30.5 Å². The molecule has 0 radical (unpaired) electrons. The zero-order valence-electron chi connectivity index (χ0n) is 20.4. The standard InChI is InChI=1S/C28H38N2O4/c1-2-3-4-5-6-8-11-19-29-24-18-17-23-26-21(24)14-13-15-22(26)27(33)30(28(23)34)20-12-9-7-10-16-25(31)32/h13-15,17-18,29H,2-12,16,19-20H2,1H3,(H,31,32). The van der Waals surface area contributed by atoms with Crippen molar-refractivity contribution in [1.29, 1.82) is 0 Å². The van der Waals surface area contributed by atoms with Crippen LogP contribution in [0.3, 0.4) is 0 Å². The number of carbonyl (C=O) groups excluding carboxylic acids is 2. The molecule has 1 aliphatic rings. The van der Waals surface area contributed by atoms with E-state index in [1.165, 1.54) is 43.4 Å². The van der Waals surface area contributed by atoms with Gasteiger partial charge in [-0.05, 0) is 37.5 Å². The Morgan fingerprint density at radius 3 is 2.21 bits per heavy atom. The molecule has 6 nitrogen and oxygen atoms in total. The Labute approximate surface area is 202 Å². The maximum absolute atomic E-state index is 13.1. The van der Waals surface area contributed by atoms with Crippen LogP contribution in [-0.4, -0.2) is 40.9 Å². The number of amides is 2. The highest BCUT2D eigenvalue weighted by atomic mass is 16.4.